The van der Waals surface area contributed by atoms with E-state index in [1.165, 1.54) is 0 Å². The topological polar surface area (TPSA) is 39.9 Å². The van der Waals surface area contributed by atoms with Crippen LogP contribution in [0.4, 0.5) is 5.69 Å². The molecular formula is C14H13N3. The lowest BCUT2D eigenvalue weighted by molar-refractivity contribution is 1.13. The first kappa shape index (κ1) is 11.2. The molecule has 0 amide bonds. The fourth-order valence-electron chi connectivity index (χ4n) is 1.64. The minimum absolute atomic E-state index is 0.602. The number of rotatable bonds is 2. The third-order valence-corrected chi connectivity index (χ3v) is 2.59. The van der Waals surface area contributed by atoms with Crippen LogP contribution in [0.3, 0.4) is 0 Å². The van der Waals surface area contributed by atoms with Gasteiger partial charge in [-0.15, -0.1) is 0 Å². The van der Waals surface area contributed by atoms with Gasteiger partial charge in [-0.05, 0) is 24.3 Å². The van der Waals surface area contributed by atoms with E-state index < -0.39 is 0 Å². The van der Waals surface area contributed by atoms with Gasteiger partial charge in [-0.2, -0.15) is 5.26 Å². The third kappa shape index (κ3) is 2.26. The standard InChI is InChI=1S/C14H13N3/c1-17(2)13-7-5-11(6-8-13)14-12(10-15)4-3-9-16-14/h3-9H,1-2H3. The summed E-state index contributed by atoms with van der Waals surface area (Å²) in [6, 6.07) is 13.7. The van der Waals surface area contributed by atoms with Crippen LogP contribution in [0.25, 0.3) is 11.3 Å². The summed E-state index contributed by atoms with van der Waals surface area (Å²) in [6.45, 7) is 0. The SMILES string of the molecule is CN(C)c1ccc(-c2ncccc2C#N)cc1. The van der Waals surface area contributed by atoms with Crippen molar-refractivity contribution in [1.29, 1.82) is 5.26 Å². The zero-order valence-electron chi connectivity index (χ0n) is 9.88. The van der Waals surface area contributed by atoms with E-state index in [1.807, 2.05) is 43.3 Å². The first-order valence-corrected chi connectivity index (χ1v) is 5.35. The molecule has 0 aliphatic rings. The van der Waals surface area contributed by atoms with Crippen molar-refractivity contribution >= 4 is 5.69 Å². The van der Waals surface area contributed by atoms with Gasteiger partial charge in [0.05, 0.1) is 11.3 Å². The Hall–Kier alpha value is -2.34. The van der Waals surface area contributed by atoms with E-state index in [-0.39, 0.29) is 0 Å². The molecule has 2 rings (SSSR count). The normalized spacial score (nSPS) is 9.71. The van der Waals surface area contributed by atoms with Gasteiger partial charge in [-0.25, -0.2) is 0 Å². The van der Waals surface area contributed by atoms with Crippen molar-refractivity contribution in [3.05, 3.63) is 48.2 Å². The van der Waals surface area contributed by atoms with Crippen LogP contribution >= 0.6 is 0 Å². The molecule has 0 atom stereocenters. The Bertz CT molecular complexity index is 550. The van der Waals surface area contributed by atoms with Gasteiger partial charge in [0.2, 0.25) is 0 Å². The van der Waals surface area contributed by atoms with Gasteiger partial charge in [0.1, 0.15) is 6.07 Å². The summed E-state index contributed by atoms with van der Waals surface area (Å²) in [4.78, 5) is 6.29. The predicted octanol–water partition coefficient (Wildman–Crippen LogP) is 2.69. The molecule has 1 heterocycles. The van der Waals surface area contributed by atoms with E-state index in [0.717, 1.165) is 16.9 Å². The number of benzene rings is 1. The third-order valence-electron chi connectivity index (χ3n) is 2.59. The van der Waals surface area contributed by atoms with Crippen molar-refractivity contribution in [2.24, 2.45) is 0 Å². The number of aromatic nitrogens is 1. The highest BCUT2D eigenvalue weighted by atomic mass is 15.1. The van der Waals surface area contributed by atoms with Crippen LogP contribution in [0.5, 0.6) is 0 Å². The molecule has 1 aromatic heterocycles. The molecule has 0 fully saturated rings. The lowest BCUT2D eigenvalue weighted by Crippen LogP contribution is -2.07. The molecule has 3 nitrogen and oxygen atoms in total. The van der Waals surface area contributed by atoms with Crippen LogP contribution in [-0.4, -0.2) is 19.1 Å². The fraction of sp³-hybridized carbons (Fsp3) is 0.143. The largest absolute Gasteiger partial charge is 0.378 e. The smallest absolute Gasteiger partial charge is 0.101 e. The second-order valence-corrected chi connectivity index (χ2v) is 3.95. The molecule has 0 aliphatic heterocycles. The van der Waals surface area contributed by atoms with E-state index in [4.69, 9.17) is 5.26 Å². The summed E-state index contributed by atoms with van der Waals surface area (Å²) in [5, 5.41) is 9.02. The summed E-state index contributed by atoms with van der Waals surface area (Å²) >= 11 is 0. The van der Waals surface area contributed by atoms with Gasteiger partial charge in [0.25, 0.3) is 0 Å². The van der Waals surface area contributed by atoms with Gasteiger partial charge < -0.3 is 4.90 Å². The maximum atomic E-state index is 9.02. The Labute approximate surface area is 101 Å². The molecule has 17 heavy (non-hydrogen) atoms. The summed E-state index contributed by atoms with van der Waals surface area (Å²) in [5.41, 5.74) is 3.43. The number of hydrogen-bond acceptors (Lipinski definition) is 3. The summed E-state index contributed by atoms with van der Waals surface area (Å²) in [5.74, 6) is 0. The molecule has 0 unspecified atom stereocenters. The van der Waals surface area contributed by atoms with Crippen LogP contribution in [0.2, 0.25) is 0 Å². The predicted molar refractivity (Wildman–Crippen MR) is 68.7 cm³/mol. The number of hydrogen-bond donors (Lipinski definition) is 0. The summed E-state index contributed by atoms with van der Waals surface area (Å²) < 4.78 is 0. The zero-order valence-corrected chi connectivity index (χ0v) is 9.88. The number of anilines is 1. The van der Waals surface area contributed by atoms with E-state index >= 15 is 0 Å². The number of pyridine rings is 1. The van der Waals surface area contributed by atoms with Gasteiger partial charge in [0, 0.05) is 31.5 Å². The minimum Gasteiger partial charge on any atom is -0.378 e. The molecule has 2 aromatic rings. The average molecular weight is 223 g/mol. The van der Waals surface area contributed by atoms with Crippen molar-refractivity contribution < 1.29 is 0 Å². The highest BCUT2D eigenvalue weighted by Gasteiger charge is 2.05. The highest BCUT2D eigenvalue weighted by molar-refractivity contribution is 5.68. The van der Waals surface area contributed by atoms with Crippen molar-refractivity contribution in [3.63, 3.8) is 0 Å². The van der Waals surface area contributed by atoms with Crippen LogP contribution < -0.4 is 4.90 Å². The molecule has 0 N–H and O–H groups in total. The number of nitrogens with zero attached hydrogens (tertiary/aromatic N) is 3. The first-order valence-electron chi connectivity index (χ1n) is 5.35. The Balaban J connectivity index is 2.44. The van der Waals surface area contributed by atoms with E-state index in [2.05, 4.69) is 11.1 Å². The molecule has 84 valence electrons. The minimum atomic E-state index is 0.602. The van der Waals surface area contributed by atoms with Crippen LogP contribution in [-0.2, 0) is 0 Å². The average Bonchev–Trinajstić information content (AvgIpc) is 2.39. The van der Waals surface area contributed by atoms with Gasteiger partial charge in [-0.1, -0.05) is 12.1 Å². The molecule has 0 saturated heterocycles. The fourth-order valence-corrected chi connectivity index (χ4v) is 1.64. The van der Waals surface area contributed by atoms with Gasteiger partial charge >= 0.3 is 0 Å². The second kappa shape index (κ2) is 4.67. The molecule has 1 aromatic carbocycles. The van der Waals surface area contributed by atoms with Crippen molar-refractivity contribution in [2.45, 2.75) is 0 Å². The highest BCUT2D eigenvalue weighted by Crippen LogP contribution is 2.23. The van der Waals surface area contributed by atoms with Crippen molar-refractivity contribution in [3.8, 4) is 17.3 Å². The molecular weight excluding hydrogens is 210 g/mol. The Morgan fingerprint density at radius 1 is 1.12 bits per heavy atom. The van der Waals surface area contributed by atoms with Crippen LogP contribution in [0, 0.1) is 11.3 Å². The van der Waals surface area contributed by atoms with Crippen LogP contribution in [0.15, 0.2) is 42.6 Å². The van der Waals surface area contributed by atoms with Crippen molar-refractivity contribution in [2.75, 3.05) is 19.0 Å². The Kier molecular flexibility index (Phi) is 3.06. The lowest BCUT2D eigenvalue weighted by Gasteiger charge is -2.12. The number of nitriles is 1. The Morgan fingerprint density at radius 3 is 2.41 bits per heavy atom. The van der Waals surface area contributed by atoms with Crippen molar-refractivity contribution in [1.82, 2.24) is 4.98 Å². The molecule has 0 radical (unpaired) electrons. The van der Waals surface area contributed by atoms with Gasteiger partial charge in [-0.3, -0.25) is 4.98 Å². The molecule has 3 heteroatoms. The monoisotopic (exact) mass is 223 g/mol. The van der Waals surface area contributed by atoms with E-state index in [1.54, 1.807) is 18.3 Å². The molecule has 0 saturated carbocycles. The molecule has 0 bridgehead atoms. The molecule has 0 aliphatic carbocycles. The summed E-state index contributed by atoms with van der Waals surface area (Å²) in [6.07, 6.45) is 1.70. The van der Waals surface area contributed by atoms with Gasteiger partial charge in [0.15, 0.2) is 0 Å². The molecule has 0 spiro atoms. The lowest BCUT2D eigenvalue weighted by atomic mass is 10.1. The first-order chi connectivity index (χ1) is 8.22. The maximum Gasteiger partial charge on any atom is 0.101 e. The maximum absolute atomic E-state index is 9.02. The van der Waals surface area contributed by atoms with E-state index in [9.17, 15) is 0 Å². The zero-order chi connectivity index (χ0) is 12.3. The Morgan fingerprint density at radius 2 is 1.82 bits per heavy atom. The second-order valence-electron chi connectivity index (χ2n) is 3.95. The summed E-state index contributed by atoms with van der Waals surface area (Å²) in [7, 11) is 3.99. The van der Waals surface area contributed by atoms with Crippen LogP contribution in [0.1, 0.15) is 5.56 Å². The van der Waals surface area contributed by atoms with E-state index in [0.29, 0.717) is 5.56 Å². The quantitative estimate of drug-likeness (QED) is 0.785.